The van der Waals surface area contributed by atoms with Crippen molar-refractivity contribution in [1.82, 2.24) is 0 Å². The van der Waals surface area contributed by atoms with E-state index in [2.05, 4.69) is 0 Å². The number of non-ortho nitro benzene ring substituents is 1. The maximum Gasteiger partial charge on any atom is 0.273 e. The van der Waals surface area contributed by atoms with Gasteiger partial charge in [-0.25, -0.2) is 8.42 Å². The normalized spacial score (nSPS) is 12.6. The molecule has 0 aliphatic heterocycles. The highest BCUT2D eigenvalue weighted by atomic mass is 32.2. The molecule has 2 aromatic carbocycles. The zero-order valence-electron chi connectivity index (χ0n) is 12.0. The van der Waals surface area contributed by atoms with Crippen LogP contribution in [0.1, 0.15) is 0 Å². The van der Waals surface area contributed by atoms with Crippen LogP contribution in [0.5, 0.6) is 5.75 Å². The lowest BCUT2D eigenvalue weighted by Gasteiger charge is -2.12. The van der Waals surface area contributed by atoms with Crippen LogP contribution < -0.4 is 4.74 Å². The van der Waals surface area contributed by atoms with Crippen LogP contribution in [0.3, 0.4) is 0 Å². The van der Waals surface area contributed by atoms with Gasteiger partial charge in [-0.2, -0.15) is 0 Å². The number of nitro groups is 1. The van der Waals surface area contributed by atoms with E-state index in [1.807, 2.05) is 0 Å². The number of nitro benzene ring substituents is 1. The quantitative estimate of drug-likeness (QED) is 0.610. The van der Waals surface area contributed by atoms with Crippen LogP contribution in [0.4, 0.5) is 5.69 Å². The lowest BCUT2D eigenvalue weighted by atomic mass is 10.3. The largest absolute Gasteiger partial charge is 0.491 e. The highest BCUT2D eigenvalue weighted by Crippen LogP contribution is 2.19. The Balaban J connectivity index is 1.96. The standard InChI is InChI=1S/C15H15NO6S/c17-13(11-23(20,21)15-7-2-1-3-8-15)10-22-14-6-4-5-12(9-14)16(18)19/h1-9,13,17H,10-11H2. The van der Waals surface area contributed by atoms with Crippen molar-refractivity contribution in [2.45, 2.75) is 11.0 Å². The van der Waals surface area contributed by atoms with Crippen molar-refractivity contribution in [1.29, 1.82) is 0 Å². The number of aliphatic hydroxyl groups is 1. The van der Waals surface area contributed by atoms with Gasteiger partial charge < -0.3 is 9.84 Å². The van der Waals surface area contributed by atoms with Gasteiger partial charge in [0.05, 0.1) is 21.6 Å². The number of sulfone groups is 1. The maximum absolute atomic E-state index is 12.1. The third-order valence-electron chi connectivity index (χ3n) is 2.98. The highest BCUT2D eigenvalue weighted by molar-refractivity contribution is 7.91. The summed E-state index contributed by atoms with van der Waals surface area (Å²) in [6.07, 6.45) is -1.25. The summed E-state index contributed by atoms with van der Waals surface area (Å²) in [5.41, 5.74) is -0.145. The van der Waals surface area contributed by atoms with E-state index in [0.717, 1.165) is 0 Å². The summed E-state index contributed by atoms with van der Waals surface area (Å²) in [5.74, 6) is -0.304. The molecule has 0 saturated carbocycles. The molecule has 1 unspecified atom stereocenters. The number of rotatable bonds is 7. The number of nitrogens with zero attached hydrogens (tertiary/aromatic N) is 1. The molecule has 1 atom stereocenters. The third-order valence-corrected chi connectivity index (χ3v) is 4.80. The van der Waals surface area contributed by atoms with Gasteiger partial charge in [0.25, 0.3) is 5.69 Å². The zero-order chi connectivity index (χ0) is 16.9. The molecule has 0 aliphatic rings. The molecule has 0 fully saturated rings. The summed E-state index contributed by atoms with van der Waals surface area (Å²) in [6.45, 7) is -0.284. The number of ether oxygens (including phenoxy) is 1. The minimum Gasteiger partial charge on any atom is -0.491 e. The fraction of sp³-hybridized carbons (Fsp3) is 0.200. The van der Waals surface area contributed by atoms with E-state index in [1.165, 1.54) is 36.4 Å². The molecular weight excluding hydrogens is 322 g/mol. The molecule has 0 radical (unpaired) electrons. The second-order valence-electron chi connectivity index (χ2n) is 4.81. The van der Waals surface area contributed by atoms with E-state index in [1.54, 1.807) is 18.2 Å². The number of benzene rings is 2. The minimum absolute atomic E-state index is 0.120. The second-order valence-corrected chi connectivity index (χ2v) is 6.85. The molecule has 2 rings (SSSR count). The molecule has 0 heterocycles. The van der Waals surface area contributed by atoms with E-state index in [-0.39, 0.29) is 22.9 Å². The Kier molecular flexibility index (Phi) is 5.30. The lowest BCUT2D eigenvalue weighted by Crippen LogP contribution is -2.27. The molecule has 0 aromatic heterocycles. The fourth-order valence-corrected chi connectivity index (χ4v) is 3.27. The van der Waals surface area contributed by atoms with Crippen molar-refractivity contribution in [3.63, 3.8) is 0 Å². The van der Waals surface area contributed by atoms with Gasteiger partial charge in [-0.05, 0) is 18.2 Å². The molecular formula is C15H15NO6S. The van der Waals surface area contributed by atoms with E-state index < -0.39 is 26.6 Å². The molecule has 2 aromatic rings. The van der Waals surface area contributed by atoms with Gasteiger partial charge in [-0.15, -0.1) is 0 Å². The highest BCUT2D eigenvalue weighted by Gasteiger charge is 2.20. The molecule has 7 nitrogen and oxygen atoms in total. The summed E-state index contributed by atoms with van der Waals surface area (Å²) in [7, 11) is -3.62. The topological polar surface area (TPSA) is 107 Å². The Labute approximate surface area is 133 Å². The first-order valence-electron chi connectivity index (χ1n) is 6.71. The molecule has 8 heteroatoms. The van der Waals surface area contributed by atoms with Crippen LogP contribution in [0.2, 0.25) is 0 Å². The summed E-state index contributed by atoms with van der Waals surface area (Å²) in [5, 5.41) is 20.5. The molecule has 0 saturated heterocycles. The van der Waals surface area contributed by atoms with E-state index in [4.69, 9.17) is 4.74 Å². The Morgan fingerprint density at radius 1 is 1.13 bits per heavy atom. The minimum atomic E-state index is -3.62. The maximum atomic E-state index is 12.1. The van der Waals surface area contributed by atoms with Crippen LogP contribution in [0, 0.1) is 10.1 Å². The molecule has 0 aliphatic carbocycles. The Morgan fingerprint density at radius 3 is 2.48 bits per heavy atom. The fourth-order valence-electron chi connectivity index (χ4n) is 1.90. The average Bonchev–Trinajstić information content (AvgIpc) is 2.53. The third kappa shape index (κ3) is 4.76. The van der Waals surface area contributed by atoms with E-state index in [9.17, 15) is 23.6 Å². The van der Waals surface area contributed by atoms with Gasteiger partial charge in [-0.3, -0.25) is 10.1 Å². The first-order chi connectivity index (χ1) is 10.9. The zero-order valence-corrected chi connectivity index (χ0v) is 12.8. The van der Waals surface area contributed by atoms with E-state index >= 15 is 0 Å². The molecule has 23 heavy (non-hydrogen) atoms. The summed E-state index contributed by atoms with van der Waals surface area (Å²) >= 11 is 0. The van der Waals surface area contributed by atoms with Crippen LogP contribution in [-0.4, -0.2) is 36.9 Å². The van der Waals surface area contributed by atoms with Crippen molar-refractivity contribution in [3.8, 4) is 5.75 Å². The summed E-state index contributed by atoms with van der Waals surface area (Å²) in [6, 6.07) is 13.2. The summed E-state index contributed by atoms with van der Waals surface area (Å²) in [4.78, 5) is 10.2. The van der Waals surface area contributed by atoms with Gasteiger partial charge in [0.2, 0.25) is 0 Å². The molecule has 0 bridgehead atoms. The van der Waals surface area contributed by atoms with Crippen LogP contribution >= 0.6 is 0 Å². The number of aliphatic hydroxyl groups excluding tert-OH is 1. The van der Waals surface area contributed by atoms with Gasteiger partial charge in [-0.1, -0.05) is 24.3 Å². The van der Waals surface area contributed by atoms with Gasteiger partial charge >= 0.3 is 0 Å². The van der Waals surface area contributed by atoms with Crippen molar-refractivity contribution >= 4 is 15.5 Å². The molecule has 0 spiro atoms. The van der Waals surface area contributed by atoms with Gasteiger partial charge in [0.1, 0.15) is 18.5 Å². The van der Waals surface area contributed by atoms with Crippen LogP contribution in [0.25, 0.3) is 0 Å². The van der Waals surface area contributed by atoms with Crippen molar-refractivity contribution in [2.24, 2.45) is 0 Å². The van der Waals surface area contributed by atoms with Crippen molar-refractivity contribution in [2.75, 3.05) is 12.4 Å². The first kappa shape index (κ1) is 16.9. The second kappa shape index (κ2) is 7.21. The number of hydrogen-bond acceptors (Lipinski definition) is 6. The summed E-state index contributed by atoms with van der Waals surface area (Å²) < 4.78 is 29.4. The predicted molar refractivity (Wildman–Crippen MR) is 83.1 cm³/mol. The van der Waals surface area contributed by atoms with Gasteiger partial charge in [0, 0.05) is 6.07 Å². The van der Waals surface area contributed by atoms with Gasteiger partial charge in [0.15, 0.2) is 9.84 Å². The molecule has 1 N–H and O–H groups in total. The Bertz CT molecular complexity index is 776. The molecule has 122 valence electrons. The Hall–Kier alpha value is -2.45. The predicted octanol–water partition coefficient (Wildman–Crippen LogP) is 1.81. The molecule has 0 amide bonds. The SMILES string of the molecule is O=[N+]([O-])c1cccc(OCC(O)CS(=O)(=O)c2ccccc2)c1. The van der Waals surface area contributed by atoms with Crippen LogP contribution in [0.15, 0.2) is 59.5 Å². The number of hydrogen-bond donors (Lipinski definition) is 1. The van der Waals surface area contributed by atoms with Crippen molar-refractivity contribution < 1.29 is 23.2 Å². The monoisotopic (exact) mass is 337 g/mol. The first-order valence-corrected chi connectivity index (χ1v) is 8.37. The van der Waals surface area contributed by atoms with Crippen molar-refractivity contribution in [3.05, 3.63) is 64.7 Å². The van der Waals surface area contributed by atoms with Crippen LogP contribution in [-0.2, 0) is 9.84 Å². The lowest BCUT2D eigenvalue weighted by molar-refractivity contribution is -0.384. The van der Waals surface area contributed by atoms with E-state index in [0.29, 0.717) is 0 Å². The average molecular weight is 337 g/mol. The smallest absolute Gasteiger partial charge is 0.273 e. The Morgan fingerprint density at radius 2 is 1.83 bits per heavy atom.